The monoisotopic (exact) mass is 436 g/mol. The third-order valence-corrected chi connectivity index (χ3v) is 4.97. The molecule has 2 amide bonds. The van der Waals surface area contributed by atoms with Crippen LogP contribution in [-0.2, 0) is 16.6 Å². The number of amides is 2. The van der Waals surface area contributed by atoms with Crippen molar-refractivity contribution in [1.29, 1.82) is 0 Å². The molecule has 2 aliphatic rings. The molecule has 2 fully saturated rings. The molecular weight excluding hydrogens is 407 g/mol. The van der Waals surface area contributed by atoms with E-state index in [9.17, 15) is 9.59 Å². The Kier molecular flexibility index (Phi) is 9.84. The zero-order chi connectivity index (χ0) is 18.5. The summed E-state index contributed by atoms with van der Waals surface area (Å²) in [5.41, 5.74) is 0. The average Bonchev–Trinajstić information content (AvgIpc) is 3.08. The summed E-state index contributed by atoms with van der Waals surface area (Å²) in [6, 6.07) is 0. The molecule has 0 atom stereocenters. The van der Waals surface area contributed by atoms with Gasteiger partial charge in [0.25, 0.3) is 0 Å². The maximum Gasteiger partial charge on any atom is 0.409 e. The van der Waals surface area contributed by atoms with Crippen LogP contribution in [0.3, 0.4) is 0 Å². The number of piperazine rings is 2. The molecule has 9 nitrogen and oxygen atoms in total. The highest BCUT2D eigenvalue weighted by Crippen LogP contribution is 2.13. The Morgan fingerprint density at radius 1 is 1.00 bits per heavy atom. The average molecular weight is 437 g/mol. The first kappa shape index (κ1) is 24.3. The van der Waals surface area contributed by atoms with Crippen LogP contribution in [0.1, 0.15) is 6.92 Å². The van der Waals surface area contributed by atoms with Gasteiger partial charge in [-0.3, -0.25) is 9.69 Å². The van der Waals surface area contributed by atoms with Crippen molar-refractivity contribution in [3.63, 3.8) is 0 Å². The smallest absolute Gasteiger partial charge is 0.409 e. The van der Waals surface area contributed by atoms with Gasteiger partial charge < -0.3 is 24.0 Å². The molecule has 0 spiro atoms. The fourth-order valence-corrected chi connectivity index (χ4v) is 3.41. The summed E-state index contributed by atoms with van der Waals surface area (Å²) < 4.78 is 7.03. The lowest BCUT2D eigenvalue weighted by Gasteiger charge is -2.37. The lowest BCUT2D eigenvalue weighted by molar-refractivity contribution is -0.134. The van der Waals surface area contributed by atoms with E-state index in [-0.39, 0.29) is 36.8 Å². The van der Waals surface area contributed by atoms with Gasteiger partial charge in [-0.15, -0.1) is 24.8 Å². The van der Waals surface area contributed by atoms with Gasteiger partial charge in [-0.05, 0) is 6.92 Å². The number of hydrogen-bond acceptors (Lipinski definition) is 6. The zero-order valence-electron chi connectivity index (χ0n) is 16.5. The van der Waals surface area contributed by atoms with Gasteiger partial charge in [-0.1, -0.05) is 0 Å². The number of hydrogen-bond donors (Lipinski definition) is 0. The first-order valence-corrected chi connectivity index (χ1v) is 9.22. The fourth-order valence-electron chi connectivity index (χ4n) is 3.41. The van der Waals surface area contributed by atoms with Crippen LogP contribution >= 0.6 is 24.8 Å². The van der Waals surface area contributed by atoms with E-state index in [1.54, 1.807) is 18.0 Å². The van der Waals surface area contributed by atoms with Gasteiger partial charge in [-0.2, -0.15) is 0 Å². The summed E-state index contributed by atoms with van der Waals surface area (Å²) in [6.45, 7) is 8.28. The number of carbonyl (C=O) groups is 2. The molecule has 2 aliphatic heterocycles. The van der Waals surface area contributed by atoms with E-state index in [0.717, 1.165) is 32.1 Å². The van der Waals surface area contributed by atoms with Crippen molar-refractivity contribution in [2.75, 3.05) is 70.4 Å². The maximum atomic E-state index is 12.6. The van der Waals surface area contributed by atoms with Crippen LogP contribution < -0.4 is 4.90 Å². The highest BCUT2D eigenvalue weighted by Gasteiger charge is 2.27. The number of imidazole rings is 1. The molecule has 0 aromatic carbocycles. The zero-order valence-corrected chi connectivity index (χ0v) is 18.1. The van der Waals surface area contributed by atoms with Crippen LogP contribution in [0.4, 0.5) is 10.7 Å². The van der Waals surface area contributed by atoms with Crippen molar-refractivity contribution < 1.29 is 14.3 Å². The molecular formula is C17H30Cl2N6O3. The number of rotatable bonds is 4. The molecule has 11 heteroatoms. The van der Waals surface area contributed by atoms with Crippen LogP contribution in [0, 0.1) is 0 Å². The normalized spacial score (nSPS) is 17.6. The summed E-state index contributed by atoms with van der Waals surface area (Å²) in [5, 5.41) is 0. The van der Waals surface area contributed by atoms with E-state index < -0.39 is 0 Å². The first-order chi connectivity index (χ1) is 12.6. The number of aryl methyl sites for hydroxylation is 1. The Morgan fingerprint density at radius 3 is 2.14 bits per heavy atom. The molecule has 3 rings (SSSR count). The highest BCUT2D eigenvalue weighted by molar-refractivity contribution is 5.85. The van der Waals surface area contributed by atoms with Crippen molar-refractivity contribution in [2.24, 2.45) is 7.05 Å². The summed E-state index contributed by atoms with van der Waals surface area (Å²) in [6.07, 6.45) is 3.47. The van der Waals surface area contributed by atoms with Crippen molar-refractivity contribution >= 4 is 42.8 Å². The summed E-state index contributed by atoms with van der Waals surface area (Å²) in [7, 11) is 1.99. The second-order valence-corrected chi connectivity index (χ2v) is 6.67. The third-order valence-electron chi connectivity index (χ3n) is 4.97. The number of aromatic nitrogens is 2. The predicted octanol–water partition coefficient (Wildman–Crippen LogP) is 0.686. The minimum absolute atomic E-state index is 0. The number of anilines is 1. The molecule has 160 valence electrons. The van der Waals surface area contributed by atoms with Gasteiger partial charge in [0.1, 0.15) is 0 Å². The molecule has 1 aromatic heterocycles. The predicted molar refractivity (Wildman–Crippen MR) is 112 cm³/mol. The van der Waals surface area contributed by atoms with Crippen LogP contribution in [0.5, 0.6) is 0 Å². The Bertz CT molecular complexity index is 628. The number of nitrogens with zero attached hydrogens (tertiary/aromatic N) is 6. The second kappa shape index (κ2) is 11.3. The van der Waals surface area contributed by atoms with Crippen LogP contribution in [-0.4, -0.2) is 102 Å². The lowest BCUT2D eigenvalue weighted by Crippen LogP contribution is -2.54. The van der Waals surface area contributed by atoms with Gasteiger partial charge in [0.2, 0.25) is 11.9 Å². The van der Waals surface area contributed by atoms with Gasteiger partial charge >= 0.3 is 6.09 Å². The molecule has 2 saturated heterocycles. The molecule has 28 heavy (non-hydrogen) atoms. The number of ether oxygens (including phenoxy) is 1. The van der Waals surface area contributed by atoms with Crippen LogP contribution in [0.15, 0.2) is 12.4 Å². The van der Waals surface area contributed by atoms with Crippen molar-refractivity contribution in [1.82, 2.24) is 24.3 Å². The molecule has 1 aromatic rings. The molecule has 0 unspecified atom stereocenters. The molecule has 3 heterocycles. The summed E-state index contributed by atoms with van der Waals surface area (Å²) in [5.74, 6) is 1.12. The maximum absolute atomic E-state index is 12.6. The SMILES string of the molecule is CCOC(=O)N1CCN(C(=O)CN2CCN(c3nccn3C)CC2)CC1.Cl.Cl. The minimum atomic E-state index is -0.287. The first-order valence-electron chi connectivity index (χ1n) is 9.22. The topological polar surface area (TPSA) is 74.2 Å². The summed E-state index contributed by atoms with van der Waals surface area (Å²) >= 11 is 0. The van der Waals surface area contributed by atoms with Crippen LogP contribution in [0.2, 0.25) is 0 Å². The van der Waals surface area contributed by atoms with Gasteiger partial charge in [-0.25, -0.2) is 9.78 Å². The fraction of sp³-hybridized carbons (Fsp3) is 0.706. The van der Waals surface area contributed by atoms with Crippen molar-refractivity contribution in [3.05, 3.63) is 12.4 Å². The Hall–Kier alpha value is -1.71. The largest absolute Gasteiger partial charge is 0.450 e. The molecule has 0 aliphatic carbocycles. The molecule has 0 bridgehead atoms. The lowest BCUT2D eigenvalue weighted by atomic mass is 10.3. The quantitative estimate of drug-likeness (QED) is 0.690. The van der Waals surface area contributed by atoms with Crippen molar-refractivity contribution in [2.45, 2.75) is 6.92 Å². The van der Waals surface area contributed by atoms with Gasteiger partial charge in [0.15, 0.2) is 0 Å². The highest BCUT2D eigenvalue weighted by atomic mass is 35.5. The van der Waals surface area contributed by atoms with Crippen LogP contribution in [0.25, 0.3) is 0 Å². The Balaban J connectivity index is 0.00000196. The number of halogens is 2. The van der Waals surface area contributed by atoms with E-state index in [1.165, 1.54) is 0 Å². The Morgan fingerprint density at radius 2 is 1.61 bits per heavy atom. The molecule has 0 radical (unpaired) electrons. The summed E-state index contributed by atoms with van der Waals surface area (Å²) in [4.78, 5) is 36.6. The van der Waals surface area contributed by atoms with Gasteiger partial charge in [0.05, 0.1) is 13.2 Å². The minimum Gasteiger partial charge on any atom is -0.450 e. The van der Waals surface area contributed by atoms with E-state index in [2.05, 4.69) is 14.8 Å². The Labute approximate surface area is 178 Å². The number of carbonyl (C=O) groups excluding carboxylic acids is 2. The van der Waals surface area contributed by atoms with Crippen molar-refractivity contribution in [3.8, 4) is 0 Å². The van der Waals surface area contributed by atoms with E-state index in [1.807, 2.05) is 22.7 Å². The third kappa shape index (κ3) is 5.89. The van der Waals surface area contributed by atoms with E-state index >= 15 is 0 Å². The van der Waals surface area contributed by atoms with E-state index in [4.69, 9.17) is 4.74 Å². The van der Waals surface area contributed by atoms with Gasteiger partial charge in [0, 0.05) is 71.8 Å². The second-order valence-electron chi connectivity index (χ2n) is 6.67. The standard InChI is InChI=1S/C17H28N6O3.2ClH/c1-3-26-17(25)23-12-10-21(11-13-23)15(24)14-20-6-8-22(9-7-20)16-18-4-5-19(16)2;;/h4-5H,3,6-14H2,1-2H3;2*1H. The molecule has 0 saturated carbocycles. The van der Waals surface area contributed by atoms with E-state index in [0.29, 0.717) is 39.3 Å². The molecule has 0 N–H and O–H groups in total.